The van der Waals surface area contributed by atoms with Crippen LogP contribution in [0.4, 0.5) is 36.8 Å². The normalized spacial score (nSPS) is 11.5. The van der Waals surface area contributed by atoms with Crippen molar-refractivity contribution in [3.8, 4) is 17.4 Å². The molecule has 0 aliphatic heterocycles. The number of hydrogen-bond donors (Lipinski definition) is 2. The fraction of sp³-hybridized carbons (Fsp3) is 0.208. The highest BCUT2D eigenvalue weighted by Crippen LogP contribution is 2.36. The van der Waals surface area contributed by atoms with Crippen LogP contribution in [0.25, 0.3) is 0 Å². The Morgan fingerprint density at radius 2 is 1.45 bits per heavy atom. The number of imide groups is 1. The number of pyridine rings is 1. The second-order valence-corrected chi connectivity index (χ2v) is 7.53. The summed E-state index contributed by atoms with van der Waals surface area (Å²) >= 11 is 0. The molecule has 0 fully saturated rings. The summed E-state index contributed by atoms with van der Waals surface area (Å²) in [4.78, 5) is 28.6. The van der Waals surface area contributed by atoms with Crippen LogP contribution in [-0.4, -0.2) is 31.1 Å². The molecule has 2 N–H and O–H groups in total. The molecular weight excluding hydrogens is 524 g/mol. The molecule has 0 aliphatic carbocycles. The zero-order valence-corrected chi connectivity index (χ0v) is 19.7. The second-order valence-electron chi connectivity index (χ2n) is 7.53. The van der Waals surface area contributed by atoms with E-state index in [0.717, 1.165) is 6.20 Å². The van der Waals surface area contributed by atoms with Crippen LogP contribution < -0.4 is 24.8 Å². The third kappa shape index (κ3) is 7.05. The molecule has 0 bridgehead atoms. The summed E-state index contributed by atoms with van der Waals surface area (Å²) in [5.74, 6) is -0.623. The van der Waals surface area contributed by atoms with Crippen LogP contribution in [0.3, 0.4) is 0 Å². The Balaban J connectivity index is 1.65. The molecule has 1 aromatic heterocycles. The number of methoxy groups -OCH3 is 2. The molecule has 0 aliphatic rings. The fourth-order valence-corrected chi connectivity index (χ4v) is 3.20. The Bertz CT molecular complexity index is 1260. The van der Waals surface area contributed by atoms with Gasteiger partial charge < -0.3 is 19.5 Å². The first-order valence-electron chi connectivity index (χ1n) is 10.5. The Labute approximate surface area is 211 Å². The first-order chi connectivity index (χ1) is 17.8. The summed E-state index contributed by atoms with van der Waals surface area (Å²) in [6, 6.07) is 7.29. The molecule has 1 heterocycles. The standard InChI is InChI=1S/C24H19F6N3O5/c1-36-17-4-3-5-18(37-2)20(17)21(34)33-22(35)32-16-6-7-19(31-11-16)38-12-13-8-14(23(25,26)27)10-15(9-13)24(28,29)30/h3-11H,12H2,1-2H3,(H2,32,33,34,35). The largest absolute Gasteiger partial charge is 0.496 e. The number of aromatic nitrogens is 1. The van der Waals surface area contributed by atoms with Crippen molar-refractivity contribution in [2.75, 3.05) is 19.5 Å². The summed E-state index contributed by atoms with van der Waals surface area (Å²) in [6.45, 7) is -0.636. The van der Waals surface area contributed by atoms with Crippen LogP contribution in [0.2, 0.25) is 0 Å². The molecule has 0 radical (unpaired) electrons. The zero-order valence-electron chi connectivity index (χ0n) is 19.7. The number of rotatable bonds is 7. The Morgan fingerprint density at radius 1 is 0.868 bits per heavy atom. The molecule has 3 rings (SSSR count). The minimum atomic E-state index is -4.99. The summed E-state index contributed by atoms with van der Waals surface area (Å²) in [5, 5.41) is 4.44. The van der Waals surface area contributed by atoms with Gasteiger partial charge >= 0.3 is 18.4 Å². The van der Waals surface area contributed by atoms with Gasteiger partial charge in [0.1, 0.15) is 23.7 Å². The van der Waals surface area contributed by atoms with E-state index in [-0.39, 0.29) is 40.3 Å². The summed E-state index contributed by atoms with van der Waals surface area (Å²) in [5.41, 5.74) is -3.22. The second kappa shape index (κ2) is 11.3. The maximum absolute atomic E-state index is 13.0. The van der Waals surface area contributed by atoms with Crippen molar-refractivity contribution in [2.45, 2.75) is 19.0 Å². The number of ether oxygens (including phenoxy) is 3. The van der Waals surface area contributed by atoms with Crippen molar-refractivity contribution < 1.29 is 50.1 Å². The molecule has 0 spiro atoms. The molecule has 0 saturated carbocycles. The highest BCUT2D eigenvalue weighted by atomic mass is 19.4. The SMILES string of the molecule is COc1cccc(OC)c1C(=O)NC(=O)Nc1ccc(OCc2cc(C(F)(F)F)cc(C(F)(F)F)c2)nc1. The van der Waals surface area contributed by atoms with Gasteiger partial charge in [-0.15, -0.1) is 0 Å². The lowest BCUT2D eigenvalue weighted by molar-refractivity contribution is -0.143. The average Bonchev–Trinajstić information content (AvgIpc) is 2.86. The van der Waals surface area contributed by atoms with Gasteiger partial charge in [-0.1, -0.05) is 6.07 Å². The van der Waals surface area contributed by atoms with E-state index in [1.807, 2.05) is 0 Å². The monoisotopic (exact) mass is 543 g/mol. The number of carbonyl (C=O) groups excluding carboxylic acids is 2. The van der Waals surface area contributed by atoms with Gasteiger partial charge in [-0.2, -0.15) is 26.3 Å². The third-order valence-corrected chi connectivity index (χ3v) is 4.91. The van der Waals surface area contributed by atoms with Crippen LogP contribution in [0.15, 0.2) is 54.7 Å². The van der Waals surface area contributed by atoms with Gasteiger partial charge in [0, 0.05) is 6.07 Å². The lowest BCUT2D eigenvalue weighted by Gasteiger charge is -2.14. The lowest BCUT2D eigenvalue weighted by Crippen LogP contribution is -2.34. The number of benzene rings is 2. The zero-order chi connectivity index (χ0) is 28.1. The maximum atomic E-state index is 13.0. The minimum absolute atomic E-state index is 0.0158. The maximum Gasteiger partial charge on any atom is 0.416 e. The molecule has 202 valence electrons. The Hall–Kier alpha value is -4.49. The van der Waals surface area contributed by atoms with Crippen molar-refractivity contribution >= 4 is 17.6 Å². The van der Waals surface area contributed by atoms with E-state index in [2.05, 4.69) is 15.6 Å². The van der Waals surface area contributed by atoms with Gasteiger partial charge in [-0.25, -0.2) is 9.78 Å². The molecular formula is C24H19F6N3O5. The number of carbonyl (C=O) groups is 2. The van der Waals surface area contributed by atoms with Gasteiger partial charge in [0.05, 0.1) is 37.2 Å². The number of anilines is 1. The third-order valence-electron chi connectivity index (χ3n) is 4.91. The first kappa shape index (κ1) is 28.1. The molecule has 8 nitrogen and oxygen atoms in total. The van der Waals surface area contributed by atoms with Crippen molar-refractivity contribution in [3.63, 3.8) is 0 Å². The molecule has 3 amide bonds. The van der Waals surface area contributed by atoms with Crippen molar-refractivity contribution in [3.05, 3.63) is 77.0 Å². The number of nitrogens with one attached hydrogen (secondary N) is 2. The summed E-state index contributed by atoms with van der Waals surface area (Å²) in [6.07, 6.45) is -8.86. The van der Waals surface area contributed by atoms with Crippen LogP contribution in [0.5, 0.6) is 17.4 Å². The predicted octanol–water partition coefficient (Wildman–Crippen LogP) is 5.68. The molecule has 0 saturated heterocycles. The van der Waals surface area contributed by atoms with Gasteiger partial charge in [0.15, 0.2) is 0 Å². The molecule has 38 heavy (non-hydrogen) atoms. The number of hydrogen-bond acceptors (Lipinski definition) is 6. The van der Waals surface area contributed by atoms with E-state index in [1.54, 1.807) is 6.07 Å². The van der Waals surface area contributed by atoms with E-state index < -0.39 is 42.0 Å². The number of halogens is 6. The van der Waals surface area contributed by atoms with Gasteiger partial charge in [0.25, 0.3) is 5.91 Å². The van der Waals surface area contributed by atoms with Crippen LogP contribution >= 0.6 is 0 Å². The van der Waals surface area contributed by atoms with Gasteiger partial charge in [0.2, 0.25) is 5.88 Å². The van der Waals surface area contributed by atoms with Crippen LogP contribution in [0, 0.1) is 0 Å². The number of urea groups is 1. The van der Waals surface area contributed by atoms with Crippen molar-refractivity contribution in [1.82, 2.24) is 10.3 Å². The molecule has 3 aromatic rings. The molecule has 0 atom stereocenters. The van der Waals surface area contributed by atoms with Crippen LogP contribution in [0.1, 0.15) is 27.0 Å². The van der Waals surface area contributed by atoms with E-state index >= 15 is 0 Å². The molecule has 0 unspecified atom stereocenters. The summed E-state index contributed by atoms with van der Waals surface area (Å²) < 4.78 is 93.5. The lowest BCUT2D eigenvalue weighted by atomic mass is 10.1. The van der Waals surface area contributed by atoms with E-state index in [9.17, 15) is 35.9 Å². The number of amides is 3. The van der Waals surface area contributed by atoms with Crippen molar-refractivity contribution in [1.29, 1.82) is 0 Å². The first-order valence-corrected chi connectivity index (χ1v) is 10.5. The Morgan fingerprint density at radius 3 is 1.92 bits per heavy atom. The minimum Gasteiger partial charge on any atom is -0.496 e. The fourth-order valence-electron chi connectivity index (χ4n) is 3.20. The summed E-state index contributed by atoms with van der Waals surface area (Å²) in [7, 11) is 2.67. The van der Waals surface area contributed by atoms with E-state index in [1.165, 1.54) is 38.5 Å². The average molecular weight is 543 g/mol. The predicted molar refractivity (Wildman–Crippen MR) is 121 cm³/mol. The number of alkyl halides is 6. The van der Waals surface area contributed by atoms with Crippen LogP contribution in [-0.2, 0) is 19.0 Å². The molecule has 14 heteroatoms. The Kier molecular flexibility index (Phi) is 8.33. The molecule has 2 aromatic carbocycles. The highest BCUT2D eigenvalue weighted by Gasteiger charge is 2.37. The highest BCUT2D eigenvalue weighted by molar-refractivity contribution is 6.10. The topological polar surface area (TPSA) is 98.8 Å². The quantitative estimate of drug-likeness (QED) is 0.373. The van der Waals surface area contributed by atoms with E-state index in [4.69, 9.17) is 14.2 Å². The smallest absolute Gasteiger partial charge is 0.416 e. The van der Waals surface area contributed by atoms with Gasteiger partial charge in [-0.3, -0.25) is 10.1 Å². The van der Waals surface area contributed by atoms with Gasteiger partial charge in [-0.05, 0) is 42.0 Å². The van der Waals surface area contributed by atoms with Crippen molar-refractivity contribution in [2.24, 2.45) is 0 Å². The number of nitrogens with zero attached hydrogens (tertiary/aromatic N) is 1. The van der Waals surface area contributed by atoms with E-state index in [0.29, 0.717) is 12.1 Å².